The first-order chi connectivity index (χ1) is 16.2. The van der Waals surface area contributed by atoms with Crippen LogP contribution in [0, 0.1) is 5.92 Å². The van der Waals surface area contributed by atoms with Crippen LogP contribution >= 0.6 is 0 Å². The fourth-order valence-corrected chi connectivity index (χ4v) is 3.97. The number of hydrogen-bond acceptors (Lipinski definition) is 5. The van der Waals surface area contributed by atoms with Gasteiger partial charge in [-0.3, -0.25) is 14.4 Å². The number of hydrogen-bond donors (Lipinski definition) is 4. The summed E-state index contributed by atoms with van der Waals surface area (Å²) in [7, 11) is 0. The third kappa shape index (κ3) is 5.72. The first kappa shape index (κ1) is 24.8. The maximum Gasteiger partial charge on any atom is 0.407 e. The van der Waals surface area contributed by atoms with Crippen molar-refractivity contribution in [3.63, 3.8) is 0 Å². The van der Waals surface area contributed by atoms with Gasteiger partial charge >= 0.3 is 12.1 Å². The lowest BCUT2D eigenvalue weighted by atomic mass is 9.98. The molecule has 180 valence electrons. The van der Waals surface area contributed by atoms with Crippen molar-refractivity contribution >= 4 is 23.9 Å². The first-order valence-corrected chi connectivity index (χ1v) is 11.1. The minimum Gasteiger partial charge on any atom is -0.480 e. The number of amides is 3. The fraction of sp³-hybridized carbons (Fsp3) is 0.360. The molecule has 0 aliphatic heterocycles. The second-order valence-electron chi connectivity index (χ2n) is 8.53. The second kappa shape index (κ2) is 10.8. The molecule has 0 spiro atoms. The maximum absolute atomic E-state index is 12.5. The van der Waals surface area contributed by atoms with E-state index in [1.54, 1.807) is 13.8 Å². The summed E-state index contributed by atoms with van der Waals surface area (Å²) in [5.74, 6) is -2.78. The Hall–Kier alpha value is -3.88. The van der Waals surface area contributed by atoms with Gasteiger partial charge in [-0.2, -0.15) is 0 Å². The minimum atomic E-state index is -1.19. The summed E-state index contributed by atoms with van der Waals surface area (Å²) in [6.45, 7) is 4.47. The number of carboxylic acid groups (broad SMARTS) is 1. The molecule has 0 saturated carbocycles. The standard InChI is InChI=1S/C25H29N3O6/c1-14(2)22(24(32)26-12-21(29)30)28-23(31)15(3)27-25(33)34-13-20-18-10-6-4-8-16(18)17-9-5-7-11-19(17)20/h4-11,14-15,20,22H,12-13H2,1-3H3,(H,26,32)(H,27,33)(H,28,31)(H,29,30)/t15-,22-/m0/s1. The van der Waals surface area contributed by atoms with Gasteiger partial charge in [0.25, 0.3) is 0 Å². The molecule has 0 aromatic heterocycles. The summed E-state index contributed by atoms with van der Waals surface area (Å²) < 4.78 is 5.45. The largest absolute Gasteiger partial charge is 0.480 e. The third-order valence-corrected chi connectivity index (χ3v) is 5.73. The van der Waals surface area contributed by atoms with E-state index in [0.29, 0.717) is 0 Å². The van der Waals surface area contributed by atoms with Gasteiger partial charge in [0.05, 0.1) is 0 Å². The van der Waals surface area contributed by atoms with Gasteiger partial charge in [-0.15, -0.1) is 0 Å². The van der Waals surface area contributed by atoms with Crippen LogP contribution < -0.4 is 16.0 Å². The van der Waals surface area contributed by atoms with Crippen LogP contribution in [-0.2, 0) is 19.1 Å². The molecule has 3 rings (SSSR count). The van der Waals surface area contributed by atoms with Crippen molar-refractivity contribution in [2.45, 2.75) is 38.8 Å². The smallest absolute Gasteiger partial charge is 0.407 e. The summed E-state index contributed by atoms with van der Waals surface area (Å²) in [4.78, 5) is 47.9. The van der Waals surface area contributed by atoms with Crippen LogP contribution in [0.1, 0.15) is 37.8 Å². The van der Waals surface area contributed by atoms with Crippen molar-refractivity contribution in [3.05, 3.63) is 59.7 Å². The summed E-state index contributed by atoms with van der Waals surface area (Å²) >= 11 is 0. The molecule has 0 radical (unpaired) electrons. The van der Waals surface area contributed by atoms with Crippen molar-refractivity contribution in [1.82, 2.24) is 16.0 Å². The Morgan fingerprint density at radius 3 is 1.97 bits per heavy atom. The molecule has 0 heterocycles. The molecule has 9 heteroatoms. The molecule has 0 saturated heterocycles. The lowest BCUT2D eigenvalue weighted by Gasteiger charge is -2.23. The quantitative estimate of drug-likeness (QED) is 0.447. The highest BCUT2D eigenvalue weighted by molar-refractivity contribution is 5.92. The number of carboxylic acids is 1. The number of alkyl carbamates (subject to hydrolysis) is 1. The number of rotatable bonds is 9. The van der Waals surface area contributed by atoms with Gasteiger partial charge in [-0.1, -0.05) is 62.4 Å². The Kier molecular flexibility index (Phi) is 7.88. The van der Waals surface area contributed by atoms with Crippen molar-refractivity contribution in [2.24, 2.45) is 5.92 Å². The van der Waals surface area contributed by atoms with E-state index >= 15 is 0 Å². The molecule has 1 aliphatic carbocycles. The van der Waals surface area contributed by atoms with Crippen LogP contribution in [0.2, 0.25) is 0 Å². The normalized spacial score (nSPS) is 13.9. The Labute approximate surface area is 197 Å². The topological polar surface area (TPSA) is 134 Å². The Morgan fingerprint density at radius 1 is 0.882 bits per heavy atom. The monoisotopic (exact) mass is 467 g/mol. The highest BCUT2D eigenvalue weighted by atomic mass is 16.5. The van der Waals surface area contributed by atoms with Crippen molar-refractivity contribution < 1.29 is 29.0 Å². The van der Waals surface area contributed by atoms with Crippen LogP contribution in [0.5, 0.6) is 0 Å². The van der Waals surface area contributed by atoms with Crippen molar-refractivity contribution in [2.75, 3.05) is 13.2 Å². The molecular weight excluding hydrogens is 438 g/mol. The van der Waals surface area contributed by atoms with Gasteiger partial charge in [0.2, 0.25) is 11.8 Å². The predicted molar refractivity (Wildman–Crippen MR) is 125 cm³/mol. The SMILES string of the molecule is CC(C)[C@H](NC(=O)[C@H](C)NC(=O)OCC1c2ccccc2-c2ccccc21)C(=O)NCC(=O)O. The third-order valence-electron chi connectivity index (χ3n) is 5.73. The summed E-state index contributed by atoms with van der Waals surface area (Å²) in [5, 5.41) is 16.0. The highest BCUT2D eigenvalue weighted by Crippen LogP contribution is 2.44. The average molecular weight is 468 g/mol. The summed E-state index contributed by atoms with van der Waals surface area (Å²) in [6.07, 6.45) is -0.749. The second-order valence-corrected chi connectivity index (χ2v) is 8.53. The zero-order valence-corrected chi connectivity index (χ0v) is 19.3. The molecule has 2 aromatic rings. The molecule has 2 aromatic carbocycles. The fourth-order valence-electron chi connectivity index (χ4n) is 3.97. The molecule has 0 bridgehead atoms. The number of benzene rings is 2. The van der Waals surface area contributed by atoms with E-state index in [9.17, 15) is 19.2 Å². The van der Waals surface area contributed by atoms with Crippen LogP contribution in [0.3, 0.4) is 0 Å². The Bertz CT molecular complexity index is 1040. The molecule has 4 N–H and O–H groups in total. The van der Waals surface area contributed by atoms with Crippen molar-refractivity contribution in [1.29, 1.82) is 0 Å². The molecule has 0 unspecified atom stereocenters. The molecule has 2 atom stereocenters. The zero-order chi connectivity index (χ0) is 24.8. The Balaban J connectivity index is 1.56. The van der Waals surface area contributed by atoms with Gasteiger partial charge in [-0.05, 0) is 35.1 Å². The van der Waals surface area contributed by atoms with Gasteiger partial charge in [-0.25, -0.2) is 4.79 Å². The first-order valence-electron chi connectivity index (χ1n) is 11.1. The zero-order valence-electron chi connectivity index (χ0n) is 19.3. The number of fused-ring (bicyclic) bond motifs is 3. The van der Waals surface area contributed by atoms with E-state index in [1.807, 2.05) is 48.5 Å². The van der Waals surface area contributed by atoms with E-state index < -0.39 is 42.5 Å². The summed E-state index contributed by atoms with van der Waals surface area (Å²) in [5.41, 5.74) is 4.38. The number of carbonyl (C=O) groups is 4. The number of aliphatic carboxylic acids is 1. The average Bonchev–Trinajstić information content (AvgIpc) is 3.13. The van der Waals surface area contributed by atoms with Crippen LogP contribution in [-0.4, -0.2) is 54.2 Å². The predicted octanol–water partition coefficient (Wildman–Crippen LogP) is 2.26. The molecule has 0 fully saturated rings. The van der Waals surface area contributed by atoms with E-state index in [4.69, 9.17) is 9.84 Å². The Morgan fingerprint density at radius 2 is 1.44 bits per heavy atom. The molecule has 34 heavy (non-hydrogen) atoms. The summed E-state index contributed by atoms with van der Waals surface area (Å²) in [6, 6.07) is 14.0. The lowest BCUT2D eigenvalue weighted by Crippen LogP contribution is -2.55. The van der Waals surface area contributed by atoms with E-state index in [2.05, 4.69) is 16.0 Å². The number of ether oxygens (including phenoxy) is 1. The number of carbonyl (C=O) groups excluding carboxylic acids is 3. The van der Waals surface area contributed by atoms with Gasteiger partial charge in [0, 0.05) is 5.92 Å². The van der Waals surface area contributed by atoms with E-state index in [-0.39, 0.29) is 18.4 Å². The van der Waals surface area contributed by atoms with Gasteiger partial charge < -0.3 is 25.8 Å². The highest BCUT2D eigenvalue weighted by Gasteiger charge is 2.30. The van der Waals surface area contributed by atoms with Crippen LogP contribution in [0.4, 0.5) is 4.79 Å². The van der Waals surface area contributed by atoms with Gasteiger partial charge in [0.15, 0.2) is 0 Å². The molecule has 3 amide bonds. The lowest BCUT2D eigenvalue weighted by molar-refractivity contribution is -0.138. The van der Waals surface area contributed by atoms with E-state index in [1.165, 1.54) is 6.92 Å². The number of nitrogens with one attached hydrogen (secondary N) is 3. The van der Waals surface area contributed by atoms with E-state index in [0.717, 1.165) is 22.3 Å². The molecule has 9 nitrogen and oxygen atoms in total. The minimum absolute atomic E-state index is 0.106. The molecule has 1 aliphatic rings. The van der Waals surface area contributed by atoms with Gasteiger partial charge in [0.1, 0.15) is 25.2 Å². The maximum atomic E-state index is 12.5. The molecular formula is C25H29N3O6. The van der Waals surface area contributed by atoms with Crippen LogP contribution in [0.25, 0.3) is 11.1 Å². The van der Waals surface area contributed by atoms with Crippen molar-refractivity contribution in [3.8, 4) is 11.1 Å². The van der Waals surface area contributed by atoms with Crippen LogP contribution in [0.15, 0.2) is 48.5 Å².